The van der Waals surface area contributed by atoms with Crippen molar-refractivity contribution in [3.63, 3.8) is 0 Å². The number of amides is 1. The van der Waals surface area contributed by atoms with Crippen LogP contribution in [0.3, 0.4) is 0 Å². The number of nitrogens with one attached hydrogen (secondary N) is 1. The van der Waals surface area contributed by atoms with Crippen LogP contribution in [0.15, 0.2) is 17.7 Å². The highest BCUT2D eigenvalue weighted by Crippen LogP contribution is 2.36. The molecule has 0 bridgehead atoms. The topological polar surface area (TPSA) is 71.3 Å². The van der Waals surface area contributed by atoms with E-state index in [-0.39, 0.29) is 11.6 Å². The summed E-state index contributed by atoms with van der Waals surface area (Å²) in [5.41, 5.74) is 0.585. The largest absolute Gasteiger partial charge is 0.491 e. The van der Waals surface area contributed by atoms with E-state index in [4.69, 9.17) is 26.3 Å². The molecule has 0 saturated heterocycles. The van der Waals surface area contributed by atoms with Crippen molar-refractivity contribution in [3.05, 3.63) is 28.3 Å². The molecule has 0 spiro atoms. The molecule has 22 heavy (non-hydrogen) atoms. The molecule has 0 aliphatic rings. The summed E-state index contributed by atoms with van der Waals surface area (Å²) in [5.74, 6) is 0.457. The lowest BCUT2D eigenvalue weighted by Gasteiger charge is -2.12. The maximum Gasteiger partial charge on any atom is 0.262 e. The Hall–Kier alpha value is -2.19. The van der Waals surface area contributed by atoms with Crippen LogP contribution >= 0.6 is 11.6 Å². The summed E-state index contributed by atoms with van der Waals surface area (Å²) in [6, 6.07) is 5.12. The molecular weight excluding hydrogens is 304 g/mol. The summed E-state index contributed by atoms with van der Waals surface area (Å²) >= 11 is 6.14. The number of ether oxygens (including phenoxy) is 2. The van der Waals surface area contributed by atoms with Crippen LogP contribution in [0.5, 0.6) is 11.5 Å². The van der Waals surface area contributed by atoms with E-state index in [1.165, 1.54) is 13.2 Å². The molecular formula is C16H19ClN2O3. The lowest BCUT2D eigenvalue weighted by Crippen LogP contribution is -2.30. The summed E-state index contributed by atoms with van der Waals surface area (Å²) in [6.45, 7) is 5.93. The molecule has 0 radical (unpaired) electrons. The van der Waals surface area contributed by atoms with Crippen LogP contribution in [0.2, 0.25) is 5.02 Å². The van der Waals surface area contributed by atoms with E-state index in [2.05, 4.69) is 5.32 Å². The zero-order valence-corrected chi connectivity index (χ0v) is 13.8. The molecule has 1 aromatic rings. The minimum absolute atomic E-state index is 0.00242. The number of halogens is 1. The second-order valence-corrected chi connectivity index (χ2v) is 5.17. The summed E-state index contributed by atoms with van der Waals surface area (Å²) in [5, 5.41) is 12.2. The van der Waals surface area contributed by atoms with Crippen LogP contribution in [-0.4, -0.2) is 25.7 Å². The third-order valence-electron chi connectivity index (χ3n) is 2.63. The standard InChI is InChI=1S/C16H19ClN2O3/c1-5-22-14-8-11(7-13(17)15(14)21-4)6-12(9-18)16(20)19-10(2)3/h6-8,10H,5H2,1-4H3,(H,19,20)/b12-6-. The summed E-state index contributed by atoms with van der Waals surface area (Å²) in [6.07, 6.45) is 1.46. The number of hydrogen-bond acceptors (Lipinski definition) is 4. The molecule has 0 unspecified atom stereocenters. The van der Waals surface area contributed by atoms with Crippen molar-refractivity contribution in [2.24, 2.45) is 0 Å². The normalized spacial score (nSPS) is 11.0. The molecule has 0 aliphatic heterocycles. The molecule has 0 heterocycles. The zero-order chi connectivity index (χ0) is 16.7. The van der Waals surface area contributed by atoms with E-state index >= 15 is 0 Å². The fourth-order valence-corrected chi connectivity index (χ4v) is 2.08. The maximum atomic E-state index is 11.9. The molecule has 0 aliphatic carbocycles. The molecule has 6 heteroatoms. The highest BCUT2D eigenvalue weighted by Gasteiger charge is 2.14. The summed E-state index contributed by atoms with van der Waals surface area (Å²) < 4.78 is 10.7. The Labute approximate surface area is 135 Å². The van der Waals surface area contributed by atoms with Gasteiger partial charge in [0.15, 0.2) is 11.5 Å². The van der Waals surface area contributed by atoms with Gasteiger partial charge in [-0.1, -0.05) is 11.6 Å². The van der Waals surface area contributed by atoms with Gasteiger partial charge < -0.3 is 14.8 Å². The lowest BCUT2D eigenvalue weighted by molar-refractivity contribution is -0.117. The van der Waals surface area contributed by atoms with E-state index in [1.54, 1.807) is 12.1 Å². The van der Waals surface area contributed by atoms with Crippen molar-refractivity contribution >= 4 is 23.6 Å². The molecule has 1 amide bonds. The van der Waals surface area contributed by atoms with Crippen molar-refractivity contribution in [2.45, 2.75) is 26.8 Å². The first kappa shape index (κ1) is 17.9. The van der Waals surface area contributed by atoms with Gasteiger partial charge in [-0.2, -0.15) is 5.26 Å². The molecule has 0 saturated carbocycles. The van der Waals surface area contributed by atoms with E-state index in [0.29, 0.717) is 28.7 Å². The molecule has 118 valence electrons. The number of rotatable bonds is 6. The molecule has 0 aromatic heterocycles. The van der Waals surface area contributed by atoms with E-state index in [9.17, 15) is 4.79 Å². The van der Waals surface area contributed by atoms with Gasteiger partial charge in [-0.05, 0) is 44.5 Å². The molecule has 1 N–H and O–H groups in total. The minimum Gasteiger partial charge on any atom is -0.491 e. The number of nitriles is 1. The summed E-state index contributed by atoms with van der Waals surface area (Å²) in [7, 11) is 1.50. The Kier molecular flexibility index (Phi) is 6.74. The fraction of sp³-hybridized carbons (Fsp3) is 0.375. The van der Waals surface area contributed by atoms with Gasteiger partial charge >= 0.3 is 0 Å². The maximum absolute atomic E-state index is 11.9. The van der Waals surface area contributed by atoms with Crippen LogP contribution < -0.4 is 14.8 Å². The fourth-order valence-electron chi connectivity index (χ4n) is 1.79. The Morgan fingerprint density at radius 1 is 1.50 bits per heavy atom. The third kappa shape index (κ3) is 4.68. The number of methoxy groups -OCH3 is 1. The second-order valence-electron chi connectivity index (χ2n) is 4.77. The van der Waals surface area contributed by atoms with Gasteiger partial charge in [0, 0.05) is 6.04 Å². The van der Waals surface area contributed by atoms with Crippen LogP contribution in [-0.2, 0) is 4.79 Å². The first-order valence-corrected chi connectivity index (χ1v) is 7.23. The Morgan fingerprint density at radius 2 is 2.18 bits per heavy atom. The van der Waals surface area contributed by atoms with E-state index in [1.807, 2.05) is 26.8 Å². The van der Waals surface area contributed by atoms with Crippen molar-refractivity contribution in [1.29, 1.82) is 5.26 Å². The number of benzene rings is 1. The highest BCUT2D eigenvalue weighted by molar-refractivity contribution is 6.32. The number of carbonyl (C=O) groups excluding carboxylic acids is 1. The van der Waals surface area contributed by atoms with E-state index < -0.39 is 5.91 Å². The monoisotopic (exact) mass is 322 g/mol. The molecule has 5 nitrogen and oxygen atoms in total. The minimum atomic E-state index is -0.428. The third-order valence-corrected chi connectivity index (χ3v) is 2.91. The summed E-state index contributed by atoms with van der Waals surface area (Å²) in [4.78, 5) is 11.9. The van der Waals surface area contributed by atoms with Crippen molar-refractivity contribution in [1.82, 2.24) is 5.32 Å². The molecule has 1 aromatic carbocycles. The molecule has 1 rings (SSSR count). The van der Waals surface area contributed by atoms with Crippen LogP contribution in [0.1, 0.15) is 26.3 Å². The Balaban J connectivity index is 3.23. The Morgan fingerprint density at radius 3 is 2.68 bits per heavy atom. The average molecular weight is 323 g/mol. The predicted octanol–water partition coefficient (Wildman–Crippen LogP) is 3.18. The second kappa shape index (κ2) is 8.30. The average Bonchev–Trinajstić information content (AvgIpc) is 2.44. The number of carbonyl (C=O) groups is 1. The molecule has 0 atom stereocenters. The van der Waals surface area contributed by atoms with Crippen molar-refractivity contribution in [2.75, 3.05) is 13.7 Å². The van der Waals surface area contributed by atoms with E-state index in [0.717, 1.165) is 0 Å². The zero-order valence-electron chi connectivity index (χ0n) is 13.1. The number of nitrogens with zero attached hydrogens (tertiary/aromatic N) is 1. The number of hydrogen-bond donors (Lipinski definition) is 1. The van der Waals surface area contributed by atoms with Gasteiger partial charge in [-0.15, -0.1) is 0 Å². The van der Waals surface area contributed by atoms with Crippen molar-refractivity contribution in [3.8, 4) is 17.6 Å². The highest BCUT2D eigenvalue weighted by atomic mass is 35.5. The van der Waals surface area contributed by atoms with Gasteiger partial charge in [-0.25, -0.2) is 0 Å². The lowest BCUT2D eigenvalue weighted by atomic mass is 10.1. The van der Waals surface area contributed by atoms with Gasteiger partial charge in [0.2, 0.25) is 0 Å². The van der Waals surface area contributed by atoms with Crippen LogP contribution in [0.4, 0.5) is 0 Å². The van der Waals surface area contributed by atoms with Crippen molar-refractivity contribution < 1.29 is 14.3 Å². The quantitative estimate of drug-likeness (QED) is 0.645. The van der Waals surface area contributed by atoms with Gasteiger partial charge in [0.05, 0.1) is 18.7 Å². The first-order chi connectivity index (χ1) is 10.4. The van der Waals surface area contributed by atoms with Crippen LogP contribution in [0.25, 0.3) is 6.08 Å². The van der Waals surface area contributed by atoms with Crippen LogP contribution in [0, 0.1) is 11.3 Å². The smallest absolute Gasteiger partial charge is 0.262 e. The Bertz CT molecular complexity index is 619. The van der Waals surface area contributed by atoms with Gasteiger partial charge in [0.25, 0.3) is 5.91 Å². The SMILES string of the molecule is CCOc1cc(/C=C(/C#N)C(=O)NC(C)C)cc(Cl)c1OC. The van der Waals surface area contributed by atoms with Gasteiger partial charge in [-0.3, -0.25) is 4.79 Å². The molecule has 0 fully saturated rings. The predicted molar refractivity (Wildman–Crippen MR) is 86.0 cm³/mol. The van der Waals surface area contributed by atoms with Gasteiger partial charge in [0.1, 0.15) is 11.6 Å². The first-order valence-electron chi connectivity index (χ1n) is 6.85.